The minimum absolute atomic E-state index is 0.0346. The van der Waals surface area contributed by atoms with Crippen LogP contribution in [-0.4, -0.2) is 65.6 Å². The molecule has 8 nitrogen and oxygen atoms in total. The summed E-state index contributed by atoms with van der Waals surface area (Å²) in [5.41, 5.74) is 0.451. The summed E-state index contributed by atoms with van der Waals surface area (Å²) in [6.07, 6.45) is -0.636. The van der Waals surface area contributed by atoms with Gasteiger partial charge in [0.15, 0.2) is 5.65 Å². The van der Waals surface area contributed by atoms with Crippen LogP contribution >= 0.6 is 11.8 Å². The van der Waals surface area contributed by atoms with E-state index in [-0.39, 0.29) is 6.61 Å². The maximum absolute atomic E-state index is 9.87. The van der Waals surface area contributed by atoms with Crippen molar-refractivity contribution < 1.29 is 20.1 Å². The fourth-order valence-corrected chi connectivity index (χ4v) is 2.87. The molecule has 0 amide bonds. The maximum atomic E-state index is 9.87. The highest BCUT2D eigenvalue weighted by Gasteiger charge is 2.38. The summed E-state index contributed by atoms with van der Waals surface area (Å²) >= 11 is 1.15. The molecule has 4 N–H and O–H groups in total. The molecular weight excluding hydrogens is 272 g/mol. The number of aromatic amines is 1. The molecule has 9 heteroatoms. The van der Waals surface area contributed by atoms with Gasteiger partial charge < -0.3 is 25.0 Å². The first kappa shape index (κ1) is 12.8. The average Bonchev–Trinajstić information content (AvgIpc) is 2.89. The second kappa shape index (κ2) is 5.02. The van der Waals surface area contributed by atoms with Crippen molar-refractivity contribution in [1.82, 2.24) is 19.9 Å². The normalized spacial score (nSPS) is 31.7. The number of aliphatic hydroxyl groups is 3. The second-order valence-electron chi connectivity index (χ2n) is 4.15. The highest BCUT2D eigenvalue weighted by molar-refractivity contribution is 8.00. The zero-order valence-corrected chi connectivity index (χ0v) is 10.5. The summed E-state index contributed by atoms with van der Waals surface area (Å²) in [5.74, 6) is 0. The third-order valence-corrected chi connectivity index (χ3v) is 4.05. The van der Waals surface area contributed by atoms with Crippen LogP contribution in [0, 0.1) is 0 Å². The highest BCUT2D eigenvalue weighted by atomic mass is 32.2. The number of nitrogens with one attached hydrogen (secondary N) is 1. The molecule has 0 spiro atoms. The number of hydrogen-bond donors (Lipinski definition) is 4. The van der Waals surface area contributed by atoms with E-state index < -0.39 is 23.7 Å². The van der Waals surface area contributed by atoms with E-state index in [1.54, 1.807) is 0 Å². The number of rotatable bonds is 2. The lowest BCUT2D eigenvalue weighted by atomic mass is 10.1. The van der Waals surface area contributed by atoms with E-state index in [1.165, 1.54) is 12.7 Å². The fraction of sp³-hybridized carbons (Fsp3) is 0.500. The van der Waals surface area contributed by atoms with Gasteiger partial charge in [0.05, 0.1) is 12.9 Å². The van der Waals surface area contributed by atoms with Gasteiger partial charge in [-0.15, -0.1) is 0 Å². The average molecular weight is 284 g/mol. The summed E-state index contributed by atoms with van der Waals surface area (Å²) in [4.78, 5) is 15.0. The maximum Gasteiger partial charge on any atom is 0.181 e. The molecule has 0 radical (unpaired) electrons. The van der Waals surface area contributed by atoms with Crippen LogP contribution in [0.4, 0.5) is 0 Å². The molecule has 19 heavy (non-hydrogen) atoms. The number of H-pyrrole nitrogens is 1. The molecule has 0 saturated carbocycles. The summed E-state index contributed by atoms with van der Waals surface area (Å²) in [6.45, 7) is -0.0346. The van der Waals surface area contributed by atoms with Crippen LogP contribution < -0.4 is 0 Å². The molecule has 0 bridgehead atoms. The van der Waals surface area contributed by atoms with Crippen molar-refractivity contribution in [1.29, 1.82) is 0 Å². The number of aliphatic hydroxyl groups excluding tert-OH is 3. The number of nitrogens with zero attached hydrogens (tertiary/aromatic N) is 3. The number of ether oxygens (including phenoxy) is 1. The summed E-state index contributed by atoms with van der Waals surface area (Å²) < 4.78 is 5.31. The molecule has 4 atom stereocenters. The smallest absolute Gasteiger partial charge is 0.181 e. The molecule has 0 unspecified atom stereocenters. The van der Waals surface area contributed by atoms with Crippen molar-refractivity contribution in [3.05, 3.63) is 12.7 Å². The third kappa shape index (κ3) is 2.30. The second-order valence-corrected chi connectivity index (χ2v) is 5.24. The van der Waals surface area contributed by atoms with E-state index >= 15 is 0 Å². The van der Waals surface area contributed by atoms with Gasteiger partial charge >= 0.3 is 0 Å². The van der Waals surface area contributed by atoms with Crippen LogP contribution in [0.2, 0.25) is 0 Å². The van der Waals surface area contributed by atoms with E-state index in [0.717, 1.165) is 11.8 Å². The van der Waals surface area contributed by atoms with Crippen LogP contribution in [0.5, 0.6) is 0 Å². The minimum Gasteiger partial charge on any atom is -0.388 e. The number of hydrogen-bond acceptors (Lipinski definition) is 8. The Bertz CT molecular complexity index is 579. The third-order valence-electron chi connectivity index (χ3n) is 2.87. The number of thioether (sulfide) groups is 1. The lowest BCUT2D eigenvalue weighted by Crippen LogP contribution is -2.51. The molecule has 0 aromatic carbocycles. The first-order chi connectivity index (χ1) is 9.16. The zero-order chi connectivity index (χ0) is 13.4. The van der Waals surface area contributed by atoms with E-state index in [0.29, 0.717) is 16.2 Å². The van der Waals surface area contributed by atoms with Gasteiger partial charge in [0.1, 0.15) is 40.6 Å². The highest BCUT2D eigenvalue weighted by Crippen LogP contribution is 2.32. The van der Waals surface area contributed by atoms with Crippen LogP contribution in [0.1, 0.15) is 0 Å². The van der Waals surface area contributed by atoms with Gasteiger partial charge in [0, 0.05) is 0 Å². The quantitative estimate of drug-likeness (QED) is 0.511. The van der Waals surface area contributed by atoms with Gasteiger partial charge in [-0.05, 0) is 0 Å². The number of fused-ring (bicyclic) bond motifs is 1. The monoisotopic (exact) mass is 284 g/mol. The van der Waals surface area contributed by atoms with Crippen LogP contribution in [0.3, 0.4) is 0 Å². The largest absolute Gasteiger partial charge is 0.388 e. The summed E-state index contributed by atoms with van der Waals surface area (Å²) in [6, 6.07) is 0. The summed E-state index contributed by atoms with van der Waals surface area (Å²) in [7, 11) is 0. The van der Waals surface area contributed by atoms with Crippen molar-refractivity contribution in [2.24, 2.45) is 0 Å². The van der Waals surface area contributed by atoms with Gasteiger partial charge in [-0.25, -0.2) is 15.0 Å². The van der Waals surface area contributed by atoms with Crippen molar-refractivity contribution in [2.75, 3.05) is 6.61 Å². The Kier molecular flexibility index (Phi) is 3.37. The molecule has 2 aromatic rings. The van der Waals surface area contributed by atoms with E-state index in [9.17, 15) is 15.3 Å². The molecule has 1 fully saturated rings. The minimum atomic E-state index is -1.23. The van der Waals surface area contributed by atoms with Gasteiger partial charge in [0.25, 0.3) is 0 Å². The summed E-state index contributed by atoms with van der Waals surface area (Å²) in [5, 5.41) is 29.4. The van der Waals surface area contributed by atoms with E-state index in [4.69, 9.17) is 4.74 Å². The van der Waals surface area contributed by atoms with Crippen molar-refractivity contribution in [2.45, 2.75) is 28.8 Å². The predicted molar refractivity (Wildman–Crippen MR) is 65.3 cm³/mol. The Hall–Kier alpha value is -1.26. The van der Waals surface area contributed by atoms with Gasteiger partial charge in [-0.1, -0.05) is 11.8 Å². The number of imidazole rings is 1. The molecule has 2 aromatic heterocycles. The standard InChI is InChI=1S/C10H12N4O4S/c15-4-1-18-10(7(17)6(4)16)19-9-5-8(12-2-11-5)13-3-14-9/h2-4,6-7,10,15-17H,1H2,(H,11,12,13,14)/t4-,6-,7+,10+/m0/s1. The Balaban J connectivity index is 1.83. The van der Waals surface area contributed by atoms with Crippen LogP contribution in [0.25, 0.3) is 11.2 Å². The first-order valence-corrected chi connectivity index (χ1v) is 6.51. The molecule has 0 aliphatic carbocycles. The van der Waals surface area contributed by atoms with Crippen LogP contribution in [-0.2, 0) is 4.74 Å². The van der Waals surface area contributed by atoms with E-state index in [2.05, 4.69) is 19.9 Å². The van der Waals surface area contributed by atoms with Crippen molar-refractivity contribution in [3.8, 4) is 0 Å². The molecule has 1 aliphatic rings. The zero-order valence-electron chi connectivity index (χ0n) is 9.67. The predicted octanol–water partition coefficient (Wildman–Crippen LogP) is -1.12. The SMILES string of the molecule is O[C@@H]1[C@@H](O)[C@@H](O)CO[C@@H]1Sc1ncnc2nc[nH]c12. The van der Waals surface area contributed by atoms with Crippen LogP contribution in [0.15, 0.2) is 17.7 Å². The molecule has 3 rings (SSSR count). The van der Waals surface area contributed by atoms with E-state index in [1.807, 2.05) is 0 Å². The topological polar surface area (TPSA) is 124 Å². The molecule has 1 aliphatic heterocycles. The lowest BCUT2D eigenvalue weighted by Gasteiger charge is -2.34. The number of aromatic nitrogens is 4. The Morgan fingerprint density at radius 1 is 1.21 bits per heavy atom. The Morgan fingerprint density at radius 2 is 2.05 bits per heavy atom. The lowest BCUT2D eigenvalue weighted by molar-refractivity contribution is -0.161. The van der Waals surface area contributed by atoms with Gasteiger partial charge in [0.2, 0.25) is 0 Å². The Morgan fingerprint density at radius 3 is 2.89 bits per heavy atom. The molecule has 1 saturated heterocycles. The van der Waals surface area contributed by atoms with Gasteiger partial charge in [-0.3, -0.25) is 0 Å². The molecule has 102 valence electrons. The molecular formula is C10H12N4O4S. The Labute approximate surface area is 111 Å². The first-order valence-electron chi connectivity index (χ1n) is 5.63. The van der Waals surface area contributed by atoms with Gasteiger partial charge in [-0.2, -0.15) is 0 Å². The fourth-order valence-electron chi connectivity index (χ4n) is 1.83. The molecule has 3 heterocycles. The van der Waals surface area contributed by atoms with Crippen molar-refractivity contribution in [3.63, 3.8) is 0 Å². The van der Waals surface area contributed by atoms with Crippen molar-refractivity contribution >= 4 is 22.9 Å².